The molecule has 5 nitrogen and oxygen atoms in total. The van der Waals surface area contributed by atoms with Gasteiger partial charge in [0.05, 0.1) is 6.10 Å². The number of nitrogens with zero attached hydrogens (tertiary/aromatic N) is 1. The number of nitrogens with one attached hydrogen (secondary N) is 1. The molecule has 0 aromatic rings. The van der Waals surface area contributed by atoms with Crippen LogP contribution in [0.2, 0.25) is 0 Å². The van der Waals surface area contributed by atoms with Crippen LogP contribution in [-0.2, 0) is 4.74 Å². The molecule has 1 amide bonds. The van der Waals surface area contributed by atoms with Crippen molar-refractivity contribution in [2.45, 2.75) is 71.0 Å². The van der Waals surface area contributed by atoms with Gasteiger partial charge in [0.15, 0.2) is 0 Å². The Labute approximate surface area is 147 Å². The van der Waals surface area contributed by atoms with E-state index in [1.54, 1.807) is 0 Å². The number of aliphatic hydroxyl groups excluding tert-OH is 1. The van der Waals surface area contributed by atoms with Crippen LogP contribution in [-0.4, -0.2) is 54.5 Å². The molecule has 2 aliphatic carbocycles. The Balaban J connectivity index is 1.57. The van der Waals surface area contributed by atoms with E-state index in [0.717, 1.165) is 31.8 Å². The maximum absolute atomic E-state index is 11.7. The summed E-state index contributed by atoms with van der Waals surface area (Å²) < 4.78 is 5.29. The zero-order valence-corrected chi connectivity index (χ0v) is 15.9. The normalized spacial score (nSPS) is 30.8. The van der Waals surface area contributed by atoms with Crippen molar-refractivity contribution in [3.05, 3.63) is 0 Å². The highest BCUT2D eigenvalue weighted by atomic mass is 16.6. The molecule has 0 spiro atoms. The fourth-order valence-corrected chi connectivity index (χ4v) is 3.97. The minimum Gasteiger partial charge on any atom is -0.444 e. The minimum atomic E-state index is -0.428. The van der Waals surface area contributed by atoms with E-state index in [0.29, 0.717) is 11.8 Å². The third-order valence-corrected chi connectivity index (χ3v) is 5.25. The van der Waals surface area contributed by atoms with Crippen LogP contribution in [0.5, 0.6) is 0 Å². The molecule has 0 aromatic carbocycles. The predicted octanol–water partition coefficient (Wildman–Crippen LogP) is 3.02. The van der Waals surface area contributed by atoms with E-state index in [1.165, 1.54) is 32.2 Å². The second-order valence-corrected chi connectivity index (χ2v) is 8.98. The van der Waals surface area contributed by atoms with Crippen LogP contribution in [0.4, 0.5) is 4.79 Å². The fourth-order valence-electron chi connectivity index (χ4n) is 3.97. The van der Waals surface area contributed by atoms with Crippen molar-refractivity contribution < 1.29 is 14.6 Å². The van der Waals surface area contributed by atoms with Crippen LogP contribution in [0.1, 0.15) is 59.3 Å². The number of hydrogen-bond acceptors (Lipinski definition) is 4. The molecule has 24 heavy (non-hydrogen) atoms. The zero-order valence-electron chi connectivity index (χ0n) is 15.9. The van der Waals surface area contributed by atoms with E-state index >= 15 is 0 Å². The molecule has 0 atom stereocenters. The Morgan fingerprint density at radius 2 is 1.62 bits per heavy atom. The van der Waals surface area contributed by atoms with Gasteiger partial charge in [-0.2, -0.15) is 0 Å². The predicted molar refractivity (Wildman–Crippen MR) is 95.9 cm³/mol. The van der Waals surface area contributed by atoms with Gasteiger partial charge in [0.1, 0.15) is 5.60 Å². The van der Waals surface area contributed by atoms with Gasteiger partial charge in [0.25, 0.3) is 0 Å². The van der Waals surface area contributed by atoms with E-state index < -0.39 is 5.60 Å². The Morgan fingerprint density at radius 3 is 2.17 bits per heavy atom. The number of aliphatic hydroxyl groups is 1. The molecule has 0 unspecified atom stereocenters. The summed E-state index contributed by atoms with van der Waals surface area (Å²) in [6.45, 7) is 8.68. The quantitative estimate of drug-likeness (QED) is 0.780. The minimum absolute atomic E-state index is 0.0451. The average molecular weight is 341 g/mol. The highest BCUT2D eigenvalue weighted by Gasteiger charge is 2.29. The third-order valence-electron chi connectivity index (χ3n) is 5.25. The second-order valence-electron chi connectivity index (χ2n) is 8.98. The van der Waals surface area contributed by atoms with E-state index in [4.69, 9.17) is 4.74 Å². The molecule has 0 bridgehead atoms. The smallest absolute Gasteiger partial charge is 0.407 e. The molecule has 2 fully saturated rings. The Morgan fingerprint density at radius 1 is 1.08 bits per heavy atom. The lowest BCUT2D eigenvalue weighted by Crippen LogP contribution is -2.40. The van der Waals surface area contributed by atoms with Gasteiger partial charge in [0, 0.05) is 19.6 Å². The van der Waals surface area contributed by atoms with Crippen molar-refractivity contribution in [1.82, 2.24) is 10.2 Å². The summed E-state index contributed by atoms with van der Waals surface area (Å²) in [7, 11) is 2.21. The van der Waals surface area contributed by atoms with Gasteiger partial charge in [-0.25, -0.2) is 4.79 Å². The van der Waals surface area contributed by atoms with Gasteiger partial charge in [-0.3, -0.25) is 0 Å². The number of hydrogen-bond donors (Lipinski definition) is 2. The maximum Gasteiger partial charge on any atom is 0.407 e. The second kappa shape index (κ2) is 8.52. The van der Waals surface area contributed by atoms with Gasteiger partial charge >= 0.3 is 6.09 Å². The van der Waals surface area contributed by atoms with Crippen LogP contribution in [0.3, 0.4) is 0 Å². The standard InChI is InChI=1S/C19H36N2O3/c1-19(2,3)24-18(23)20-11-14-5-7-15(8-6-14)12-21(4)13-16-9-17(22)10-16/h14-17,22H,5-13H2,1-4H3,(H,20,23). The lowest BCUT2D eigenvalue weighted by molar-refractivity contribution is 0.0251. The molecular formula is C19H36N2O3. The summed E-state index contributed by atoms with van der Waals surface area (Å²) in [6, 6.07) is 0. The summed E-state index contributed by atoms with van der Waals surface area (Å²) in [5.74, 6) is 2.05. The van der Waals surface area contributed by atoms with Crippen molar-refractivity contribution in [3.8, 4) is 0 Å². The Kier molecular flexibility index (Phi) is 6.93. The molecule has 0 radical (unpaired) electrons. The molecule has 2 N–H and O–H groups in total. The number of carbonyl (C=O) groups excluding carboxylic acids is 1. The van der Waals surface area contributed by atoms with E-state index in [9.17, 15) is 9.90 Å². The van der Waals surface area contributed by atoms with Crippen LogP contribution in [0.15, 0.2) is 0 Å². The van der Waals surface area contributed by atoms with Crippen LogP contribution in [0, 0.1) is 17.8 Å². The first-order valence-corrected chi connectivity index (χ1v) is 9.54. The topological polar surface area (TPSA) is 61.8 Å². The number of carbonyl (C=O) groups is 1. The molecule has 5 heteroatoms. The summed E-state index contributed by atoms with van der Waals surface area (Å²) >= 11 is 0. The van der Waals surface area contributed by atoms with E-state index in [-0.39, 0.29) is 12.2 Å². The average Bonchev–Trinajstić information content (AvgIpc) is 2.43. The van der Waals surface area contributed by atoms with Crippen molar-refractivity contribution in [3.63, 3.8) is 0 Å². The summed E-state index contributed by atoms with van der Waals surface area (Å²) in [4.78, 5) is 14.2. The van der Waals surface area contributed by atoms with E-state index in [1.807, 2.05) is 20.8 Å². The van der Waals surface area contributed by atoms with E-state index in [2.05, 4.69) is 17.3 Å². The first-order chi connectivity index (χ1) is 11.2. The Hall–Kier alpha value is -0.810. The summed E-state index contributed by atoms with van der Waals surface area (Å²) in [5, 5.41) is 12.3. The van der Waals surface area contributed by atoms with Gasteiger partial charge in [-0.15, -0.1) is 0 Å². The van der Waals surface area contributed by atoms with Gasteiger partial charge in [-0.05, 0) is 84.1 Å². The Bertz CT molecular complexity index is 394. The molecule has 140 valence electrons. The largest absolute Gasteiger partial charge is 0.444 e. The molecular weight excluding hydrogens is 304 g/mol. The van der Waals surface area contributed by atoms with Gasteiger partial charge in [-0.1, -0.05) is 0 Å². The van der Waals surface area contributed by atoms with Gasteiger partial charge in [0.2, 0.25) is 0 Å². The maximum atomic E-state index is 11.7. The van der Waals surface area contributed by atoms with Crippen molar-refractivity contribution in [1.29, 1.82) is 0 Å². The molecule has 0 aliphatic heterocycles. The number of rotatable bonds is 6. The first kappa shape index (κ1) is 19.5. The van der Waals surface area contributed by atoms with Crippen LogP contribution >= 0.6 is 0 Å². The first-order valence-electron chi connectivity index (χ1n) is 9.54. The third kappa shape index (κ3) is 6.98. The number of ether oxygens (including phenoxy) is 1. The van der Waals surface area contributed by atoms with Crippen LogP contribution < -0.4 is 5.32 Å². The molecule has 0 heterocycles. The lowest BCUT2D eigenvalue weighted by Gasteiger charge is -2.37. The molecule has 2 saturated carbocycles. The number of alkyl carbamates (subject to hydrolysis) is 1. The fraction of sp³-hybridized carbons (Fsp3) is 0.947. The van der Waals surface area contributed by atoms with Crippen LogP contribution in [0.25, 0.3) is 0 Å². The molecule has 2 aliphatic rings. The zero-order chi connectivity index (χ0) is 17.7. The lowest BCUT2D eigenvalue weighted by atomic mass is 9.80. The van der Waals surface area contributed by atoms with Crippen molar-refractivity contribution in [2.24, 2.45) is 17.8 Å². The SMILES string of the molecule is CN(CC1CCC(CNC(=O)OC(C)(C)C)CC1)CC1CC(O)C1. The number of amides is 1. The summed E-state index contributed by atoms with van der Waals surface area (Å²) in [6.07, 6.45) is 6.49. The highest BCUT2D eigenvalue weighted by Crippen LogP contribution is 2.31. The molecule has 2 rings (SSSR count). The van der Waals surface area contributed by atoms with Gasteiger partial charge < -0.3 is 20.1 Å². The van der Waals surface area contributed by atoms with Crippen molar-refractivity contribution in [2.75, 3.05) is 26.7 Å². The molecule has 0 saturated heterocycles. The highest BCUT2D eigenvalue weighted by molar-refractivity contribution is 5.67. The monoisotopic (exact) mass is 340 g/mol. The summed E-state index contributed by atoms with van der Waals surface area (Å²) in [5.41, 5.74) is -0.428. The van der Waals surface area contributed by atoms with Crippen molar-refractivity contribution >= 4 is 6.09 Å². The molecule has 0 aromatic heterocycles.